The van der Waals surface area contributed by atoms with Crippen LogP contribution in [0.1, 0.15) is 34.1 Å². The summed E-state index contributed by atoms with van der Waals surface area (Å²) in [7, 11) is 0. The molecule has 18 heavy (non-hydrogen) atoms. The molecule has 0 saturated heterocycles. The summed E-state index contributed by atoms with van der Waals surface area (Å²) < 4.78 is 5.07. The summed E-state index contributed by atoms with van der Waals surface area (Å²) in [6.07, 6.45) is 0.0216. The molecular formula is C12H25N3O3. The van der Waals surface area contributed by atoms with Crippen molar-refractivity contribution in [1.82, 2.24) is 16.0 Å². The van der Waals surface area contributed by atoms with Crippen molar-refractivity contribution < 1.29 is 14.3 Å². The standard InChI is InChI=1S/C12H25N3O3/c1-5-14-10(16)6-7-13-8-9-15-11(17)18-12(2,3)4/h13H,5-9H2,1-4H3,(H,14,16)(H,15,17). The molecule has 0 atom stereocenters. The quantitative estimate of drug-likeness (QED) is 0.586. The molecule has 0 heterocycles. The monoisotopic (exact) mass is 259 g/mol. The van der Waals surface area contributed by atoms with Gasteiger partial charge in [-0.15, -0.1) is 0 Å². The highest BCUT2D eigenvalue weighted by Gasteiger charge is 2.15. The Bertz CT molecular complexity index is 262. The van der Waals surface area contributed by atoms with Crippen LogP contribution in [0.4, 0.5) is 4.79 Å². The third kappa shape index (κ3) is 11.2. The number of carbonyl (C=O) groups excluding carboxylic acids is 2. The Hall–Kier alpha value is -1.30. The van der Waals surface area contributed by atoms with Crippen molar-refractivity contribution in [3.8, 4) is 0 Å². The zero-order valence-corrected chi connectivity index (χ0v) is 11.8. The fourth-order valence-electron chi connectivity index (χ4n) is 1.18. The van der Waals surface area contributed by atoms with Crippen LogP contribution in [-0.2, 0) is 9.53 Å². The maximum atomic E-state index is 11.3. The number of rotatable bonds is 7. The zero-order chi connectivity index (χ0) is 14.0. The minimum atomic E-state index is -0.476. The largest absolute Gasteiger partial charge is 0.444 e. The van der Waals surface area contributed by atoms with Gasteiger partial charge in [0.1, 0.15) is 5.60 Å². The maximum Gasteiger partial charge on any atom is 0.407 e. The van der Waals surface area contributed by atoms with Gasteiger partial charge < -0.3 is 20.7 Å². The number of alkyl carbamates (subject to hydrolysis) is 1. The lowest BCUT2D eigenvalue weighted by molar-refractivity contribution is -0.120. The van der Waals surface area contributed by atoms with Crippen molar-refractivity contribution in [2.24, 2.45) is 0 Å². The fraction of sp³-hybridized carbons (Fsp3) is 0.833. The third-order valence-corrected chi connectivity index (χ3v) is 1.87. The Morgan fingerprint density at radius 3 is 2.28 bits per heavy atom. The highest BCUT2D eigenvalue weighted by molar-refractivity contribution is 5.75. The van der Waals surface area contributed by atoms with Crippen molar-refractivity contribution in [3.05, 3.63) is 0 Å². The zero-order valence-electron chi connectivity index (χ0n) is 11.8. The summed E-state index contributed by atoms with van der Waals surface area (Å²) in [5.74, 6) is 0.0325. The molecule has 0 fully saturated rings. The van der Waals surface area contributed by atoms with Crippen LogP contribution in [-0.4, -0.2) is 43.8 Å². The summed E-state index contributed by atoms with van der Waals surface area (Å²) in [4.78, 5) is 22.4. The Kier molecular flexibility index (Phi) is 8.11. The van der Waals surface area contributed by atoms with Crippen LogP contribution in [0.2, 0.25) is 0 Å². The summed E-state index contributed by atoms with van der Waals surface area (Å²) in [6, 6.07) is 0. The van der Waals surface area contributed by atoms with E-state index in [-0.39, 0.29) is 5.91 Å². The molecule has 2 amide bonds. The van der Waals surface area contributed by atoms with E-state index in [1.807, 2.05) is 27.7 Å². The van der Waals surface area contributed by atoms with Gasteiger partial charge in [0.25, 0.3) is 0 Å². The first-order valence-corrected chi connectivity index (χ1v) is 6.29. The molecule has 6 nitrogen and oxygen atoms in total. The first-order valence-electron chi connectivity index (χ1n) is 6.29. The number of hydrogen-bond donors (Lipinski definition) is 3. The second-order valence-electron chi connectivity index (χ2n) is 4.88. The lowest BCUT2D eigenvalue weighted by Gasteiger charge is -2.19. The van der Waals surface area contributed by atoms with E-state index in [1.54, 1.807) is 0 Å². The van der Waals surface area contributed by atoms with Gasteiger partial charge in [0.05, 0.1) is 0 Å². The molecule has 0 aromatic heterocycles. The van der Waals surface area contributed by atoms with Crippen LogP contribution < -0.4 is 16.0 Å². The Morgan fingerprint density at radius 1 is 1.06 bits per heavy atom. The van der Waals surface area contributed by atoms with Crippen molar-refractivity contribution in [2.45, 2.75) is 39.7 Å². The molecule has 0 aromatic rings. The molecule has 3 N–H and O–H groups in total. The van der Waals surface area contributed by atoms with E-state index in [9.17, 15) is 9.59 Å². The summed E-state index contributed by atoms with van der Waals surface area (Å²) in [5, 5.41) is 8.40. The molecule has 6 heteroatoms. The predicted octanol–water partition coefficient (Wildman–Crippen LogP) is 0.627. The molecule has 0 spiro atoms. The van der Waals surface area contributed by atoms with E-state index in [0.29, 0.717) is 32.6 Å². The molecule has 0 saturated carbocycles. The van der Waals surface area contributed by atoms with Crippen molar-refractivity contribution >= 4 is 12.0 Å². The van der Waals surface area contributed by atoms with E-state index in [0.717, 1.165) is 0 Å². The third-order valence-electron chi connectivity index (χ3n) is 1.87. The first-order chi connectivity index (χ1) is 8.35. The van der Waals surface area contributed by atoms with E-state index in [4.69, 9.17) is 4.74 Å². The second kappa shape index (κ2) is 8.74. The Labute approximate surface area is 109 Å². The molecule has 0 radical (unpaired) electrons. The number of nitrogens with one attached hydrogen (secondary N) is 3. The predicted molar refractivity (Wildman–Crippen MR) is 70.4 cm³/mol. The van der Waals surface area contributed by atoms with Gasteiger partial charge in [-0.05, 0) is 27.7 Å². The molecule has 0 rings (SSSR count). The topological polar surface area (TPSA) is 79.5 Å². The van der Waals surface area contributed by atoms with Gasteiger partial charge in [-0.2, -0.15) is 0 Å². The minimum Gasteiger partial charge on any atom is -0.444 e. The van der Waals surface area contributed by atoms with Gasteiger partial charge in [-0.25, -0.2) is 4.79 Å². The number of ether oxygens (including phenoxy) is 1. The number of hydrogen-bond acceptors (Lipinski definition) is 4. The summed E-state index contributed by atoms with van der Waals surface area (Å²) in [6.45, 7) is 9.67. The highest BCUT2D eigenvalue weighted by Crippen LogP contribution is 2.05. The van der Waals surface area contributed by atoms with Gasteiger partial charge in [-0.3, -0.25) is 4.79 Å². The maximum absolute atomic E-state index is 11.3. The fourth-order valence-corrected chi connectivity index (χ4v) is 1.18. The van der Waals surface area contributed by atoms with Gasteiger partial charge in [0.15, 0.2) is 0 Å². The molecule has 0 aliphatic rings. The minimum absolute atomic E-state index is 0.0325. The van der Waals surface area contributed by atoms with Crippen LogP contribution in [0.3, 0.4) is 0 Å². The molecular weight excluding hydrogens is 234 g/mol. The summed E-state index contributed by atoms with van der Waals surface area (Å²) >= 11 is 0. The van der Waals surface area contributed by atoms with Crippen LogP contribution in [0.15, 0.2) is 0 Å². The van der Waals surface area contributed by atoms with E-state index < -0.39 is 11.7 Å². The lowest BCUT2D eigenvalue weighted by atomic mass is 10.2. The Balaban J connectivity index is 3.41. The van der Waals surface area contributed by atoms with E-state index in [1.165, 1.54) is 0 Å². The number of amides is 2. The lowest BCUT2D eigenvalue weighted by Crippen LogP contribution is -2.37. The highest BCUT2D eigenvalue weighted by atomic mass is 16.6. The molecule has 0 aromatic carbocycles. The van der Waals surface area contributed by atoms with Crippen LogP contribution in [0, 0.1) is 0 Å². The van der Waals surface area contributed by atoms with Gasteiger partial charge in [0, 0.05) is 32.6 Å². The van der Waals surface area contributed by atoms with Crippen molar-refractivity contribution in [2.75, 3.05) is 26.2 Å². The van der Waals surface area contributed by atoms with Crippen LogP contribution in [0.25, 0.3) is 0 Å². The van der Waals surface area contributed by atoms with Crippen molar-refractivity contribution in [1.29, 1.82) is 0 Å². The normalized spacial score (nSPS) is 10.9. The number of carbonyl (C=O) groups is 2. The average Bonchev–Trinajstić information content (AvgIpc) is 2.21. The Morgan fingerprint density at radius 2 is 1.72 bits per heavy atom. The molecule has 106 valence electrons. The van der Waals surface area contributed by atoms with Gasteiger partial charge in [-0.1, -0.05) is 0 Å². The van der Waals surface area contributed by atoms with Crippen LogP contribution in [0.5, 0.6) is 0 Å². The van der Waals surface area contributed by atoms with E-state index >= 15 is 0 Å². The van der Waals surface area contributed by atoms with Gasteiger partial charge in [0.2, 0.25) is 5.91 Å². The smallest absolute Gasteiger partial charge is 0.407 e. The molecule has 0 aliphatic heterocycles. The van der Waals surface area contributed by atoms with Crippen molar-refractivity contribution in [3.63, 3.8) is 0 Å². The van der Waals surface area contributed by atoms with Crippen LogP contribution >= 0.6 is 0 Å². The molecule has 0 aliphatic carbocycles. The SMILES string of the molecule is CCNC(=O)CCNCCNC(=O)OC(C)(C)C. The molecule has 0 unspecified atom stereocenters. The first kappa shape index (κ1) is 16.7. The summed E-state index contributed by atoms with van der Waals surface area (Å²) in [5.41, 5.74) is -0.476. The average molecular weight is 259 g/mol. The van der Waals surface area contributed by atoms with E-state index in [2.05, 4.69) is 16.0 Å². The second-order valence-corrected chi connectivity index (χ2v) is 4.88. The molecule has 0 bridgehead atoms. The van der Waals surface area contributed by atoms with Gasteiger partial charge >= 0.3 is 6.09 Å².